The van der Waals surface area contributed by atoms with Gasteiger partial charge in [-0.3, -0.25) is 0 Å². The number of ether oxygens (including phenoxy) is 2. The monoisotopic (exact) mass is 265 g/mol. The fraction of sp³-hybridized carbons (Fsp3) is 0.600. The topological polar surface area (TPSA) is 41.9 Å². The van der Waals surface area contributed by atoms with Gasteiger partial charge in [0.25, 0.3) is 0 Å². The van der Waals surface area contributed by atoms with Crippen molar-refractivity contribution in [2.45, 2.75) is 19.4 Å². The zero-order chi connectivity index (χ0) is 13.8. The van der Waals surface area contributed by atoms with E-state index in [-0.39, 0.29) is 0 Å². The molecule has 1 aromatic carbocycles. The van der Waals surface area contributed by atoms with Crippen molar-refractivity contribution in [2.75, 3.05) is 38.8 Å². The summed E-state index contributed by atoms with van der Waals surface area (Å²) in [7, 11) is 3.39. The van der Waals surface area contributed by atoms with Gasteiger partial charge in [-0.2, -0.15) is 0 Å². The highest BCUT2D eigenvalue weighted by molar-refractivity contribution is 5.61. The quantitative estimate of drug-likeness (QED) is 0.886. The zero-order valence-electron chi connectivity index (χ0n) is 11.9. The second-order valence-electron chi connectivity index (χ2n) is 5.13. The van der Waals surface area contributed by atoms with Crippen LogP contribution in [-0.4, -0.2) is 39.0 Å². The summed E-state index contributed by atoms with van der Waals surface area (Å²) in [6, 6.07) is 5.93. The molecule has 19 heavy (non-hydrogen) atoms. The molecule has 4 nitrogen and oxygen atoms in total. The van der Waals surface area contributed by atoms with Crippen LogP contribution in [0.4, 0.5) is 5.69 Å². The molecule has 1 aromatic rings. The van der Waals surface area contributed by atoms with Crippen molar-refractivity contribution >= 4 is 5.69 Å². The molecule has 1 heterocycles. The Morgan fingerprint density at radius 3 is 2.84 bits per heavy atom. The van der Waals surface area contributed by atoms with Gasteiger partial charge >= 0.3 is 0 Å². The van der Waals surface area contributed by atoms with Gasteiger partial charge in [0.15, 0.2) is 0 Å². The number of benzene rings is 1. The molecule has 1 aliphatic rings. The van der Waals surface area contributed by atoms with E-state index in [9.17, 15) is 5.11 Å². The molecule has 1 saturated heterocycles. The molecule has 0 aromatic heterocycles. The van der Waals surface area contributed by atoms with Crippen LogP contribution in [0.15, 0.2) is 18.2 Å². The molecule has 0 amide bonds. The molecule has 2 atom stereocenters. The van der Waals surface area contributed by atoms with Gasteiger partial charge in [0.2, 0.25) is 0 Å². The first-order valence-electron chi connectivity index (χ1n) is 6.76. The van der Waals surface area contributed by atoms with Gasteiger partial charge < -0.3 is 19.5 Å². The Morgan fingerprint density at radius 2 is 2.21 bits per heavy atom. The third-order valence-corrected chi connectivity index (χ3v) is 3.71. The fourth-order valence-electron chi connectivity index (χ4n) is 2.83. The number of nitrogens with zero attached hydrogens (tertiary/aromatic N) is 1. The second kappa shape index (κ2) is 6.26. The Kier molecular flexibility index (Phi) is 4.66. The van der Waals surface area contributed by atoms with Crippen LogP contribution in [0.2, 0.25) is 0 Å². The molecular weight excluding hydrogens is 242 g/mol. The van der Waals surface area contributed by atoms with Gasteiger partial charge in [-0.25, -0.2) is 0 Å². The van der Waals surface area contributed by atoms with E-state index in [1.54, 1.807) is 21.1 Å². The van der Waals surface area contributed by atoms with Crippen LogP contribution >= 0.6 is 0 Å². The Hall–Kier alpha value is -1.26. The van der Waals surface area contributed by atoms with Crippen molar-refractivity contribution in [3.05, 3.63) is 23.8 Å². The van der Waals surface area contributed by atoms with E-state index in [4.69, 9.17) is 9.47 Å². The normalized spacial score (nSPS) is 20.6. The lowest BCUT2D eigenvalue weighted by Crippen LogP contribution is -2.23. The average Bonchev–Trinajstić information content (AvgIpc) is 2.86. The molecule has 1 unspecified atom stereocenters. The lowest BCUT2D eigenvalue weighted by Gasteiger charge is -2.25. The number of aliphatic hydroxyl groups excluding tert-OH is 1. The van der Waals surface area contributed by atoms with Crippen molar-refractivity contribution in [3.8, 4) is 5.75 Å². The summed E-state index contributed by atoms with van der Waals surface area (Å²) in [5.41, 5.74) is 1.95. The first-order chi connectivity index (χ1) is 9.17. The molecule has 4 heteroatoms. The standard InChI is InChI=1S/C15H23NO3/c1-11(17)15-13(5-4-6-14(15)19-3)16-8-7-12(9-16)10-18-2/h4-6,11-12,17H,7-10H2,1-3H3/t11-,12?/m1/s1. The lowest BCUT2D eigenvalue weighted by atomic mass is 10.1. The van der Waals surface area contributed by atoms with Crippen molar-refractivity contribution < 1.29 is 14.6 Å². The van der Waals surface area contributed by atoms with Gasteiger partial charge in [0, 0.05) is 37.4 Å². The van der Waals surface area contributed by atoms with Crippen LogP contribution in [0.5, 0.6) is 5.75 Å². The summed E-state index contributed by atoms with van der Waals surface area (Å²) < 4.78 is 10.6. The maximum Gasteiger partial charge on any atom is 0.126 e. The highest BCUT2D eigenvalue weighted by Gasteiger charge is 2.26. The van der Waals surface area contributed by atoms with Gasteiger partial charge in [0.05, 0.1) is 19.8 Å². The Balaban J connectivity index is 2.25. The van der Waals surface area contributed by atoms with Crippen LogP contribution in [0.1, 0.15) is 25.0 Å². The van der Waals surface area contributed by atoms with E-state index < -0.39 is 6.10 Å². The molecule has 2 rings (SSSR count). The summed E-state index contributed by atoms with van der Waals surface area (Å²) >= 11 is 0. The molecule has 1 N–H and O–H groups in total. The summed E-state index contributed by atoms with van der Waals surface area (Å²) in [5, 5.41) is 10.0. The molecular formula is C15H23NO3. The highest BCUT2D eigenvalue weighted by Crippen LogP contribution is 2.36. The zero-order valence-corrected chi connectivity index (χ0v) is 11.9. The lowest BCUT2D eigenvalue weighted by molar-refractivity contribution is 0.160. The van der Waals surface area contributed by atoms with Gasteiger partial charge in [-0.1, -0.05) is 6.07 Å². The van der Waals surface area contributed by atoms with Crippen molar-refractivity contribution in [2.24, 2.45) is 5.92 Å². The molecule has 0 saturated carbocycles. The minimum Gasteiger partial charge on any atom is -0.496 e. The van der Waals surface area contributed by atoms with E-state index in [0.717, 1.165) is 43.1 Å². The number of hydrogen-bond donors (Lipinski definition) is 1. The maximum absolute atomic E-state index is 10.0. The number of hydrogen-bond acceptors (Lipinski definition) is 4. The summed E-state index contributed by atoms with van der Waals surface area (Å²) in [4.78, 5) is 2.31. The highest BCUT2D eigenvalue weighted by atomic mass is 16.5. The minimum atomic E-state index is -0.535. The van der Waals surface area contributed by atoms with Crippen molar-refractivity contribution in [3.63, 3.8) is 0 Å². The largest absolute Gasteiger partial charge is 0.496 e. The molecule has 0 spiro atoms. The third-order valence-electron chi connectivity index (χ3n) is 3.71. The van der Waals surface area contributed by atoms with E-state index in [2.05, 4.69) is 11.0 Å². The number of aliphatic hydroxyl groups is 1. The van der Waals surface area contributed by atoms with Crippen molar-refractivity contribution in [1.82, 2.24) is 0 Å². The number of rotatable bonds is 5. The van der Waals surface area contributed by atoms with Gasteiger partial charge in [-0.15, -0.1) is 0 Å². The predicted molar refractivity (Wildman–Crippen MR) is 75.8 cm³/mol. The Labute approximate surface area is 114 Å². The molecule has 106 valence electrons. The summed E-state index contributed by atoms with van der Waals surface area (Å²) in [6.07, 6.45) is 0.595. The summed E-state index contributed by atoms with van der Waals surface area (Å²) in [6.45, 7) is 4.55. The van der Waals surface area contributed by atoms with E-state index in [1.165, 1.54) is 0 Å². The smallest absolute Gasteiger partial charge is 0.126 e. The molecule has 1 aliphatic heterocycles. The molecule has 1 fully saturated rings. The number of methoxy groups -OCH3 is 2. The molecule has 0 bridgehead atoms. The van der Waals surface area contributed by atoms with Gasteiger partial charge in [-0.05, 0) is 25.5 Å². The van der Waals surface area contributed by atoms with E-state index >= 15 is 0 Å². The van der Waals surface area contributed by atoms with Crippen LogP contribution in [0.3, 0.4) is 0 Å². The third kappa shape index (κ3) is 3.01. The Morgan fingerprint density at radius 1 is 1.42 bits per heavy atom. The second-order valence-corrected chi connectivity index (χ2v) is 5.13. The first-order valence-corrected chi connectivity index (χ1v) is 6.76. The SMILES string of the molecule is COCC1CCN(c2cccc(OC)c2[C@@H](C)O)C1. The van der Waals surface area contributed by atoms with Gasteiger partial charge in [0.1, 0.15) is 5.75 Å². The minimum absolute atomic E-state index is 0.535. The van der Waals surface area contributed by atoms with Crippen LogP contribution in [0.25, 0.3) is 0 Å². The summed E-state index contributed by atoms with van der Waals surface area (Å²) in [5.74, 6) is 1.32. The van der Waals surface area contributed by atoms with E-state index in [1.807, 2.05) is 12.1 Å². The van der Waals surface area contributed by atoms with Crippen LogP contribution < -0.4 is 9.64 Å². The maximum atomic E-state index is 10.0. The van der Waals surface area contributed by atoms with E-state index in [0.29, 0.717) is 5.92 Å². The van der Waals surface area contributed by atoms with Crippen molar-refractivity contribution in [1.29, 1.82) is 0 Å². The van der Waals surface area contributed by atoms with Crippen LogP contribution in [-0.2, 0) is 4.74 Å². The first kappa shape index (κ1) is 14.2. The van der Waals surface area contributed by atoms with Crippen LogP contribution in [0, 0.1) is 5.92 Å². The average molecular weight is 265 g/mol. The Bertz CT molecular complexity index is 420. The predicted octanol–water partition coefficient (Wildman–Crippen LogP) is 2.22. The fourth-order valence-corrected chi connectivity index (χ4v) is 2.83. The number of anilines is 1. The molecule has 0 radical (unpaired) electrons. The molecule has 0 aliphatic carbocycles.